The number of nitrogens with zero attached hydrogens (tertiary/aromatic N) is 1. The third-order valence-corrected chi connectivity index (χ3v) is 5.68. The van der Waals surface area contributed by atoms with Gasteiger partial charge >= 0.3 is 0 Å². The molecule has 21 heavy (non-hydrogen) atoms. The van der Waals surface area contributed by atoms with Crippen LogP contribution in [0.15, 0.2) is 23.1 Å². The van der Waals surface area contributed by atoms with Crippen LogP contribution in [0.2, 0.25) is 0 Å². The van der Waals surface area contributed by atoms with Crippen LogP contribution in [0.25, 0.3) is 0 Å². The van der Waals surface area contributed by atoms with Crippen LogP contribution in [0.4, 0.5) is 5.69 Å². The van der Waals surface area contributed by atoms with Crippen molar-refractivity contribution >= 4 is 17.4 Å². The van der Waals surface area contributed by atoms with E-state index in [2.05, 4.69) is 29.7 Å². The largest absolute Gasteiger partial charge is 0.381 e. The smallest absolute Gasteiger partial charge is 0.102 e. The lowest BCUT2D eigenvalue weighted by molar-refractivity contribution is 0.135. The highest BCUT2D eigenvalue weighted by Gasteiger charge is 2.40. The first-order valence-electron chi connectivity index (χ1n) is 7.94. The van der Waals surface area contributed by atoms with Gasteiger partial charge in [0.05, 0.1) is 11.3 Å². The molecule has 1 spiro atoms. The number of hydrogen-bond donors (Lipinski definition) is 2. The summed E-state index contributed by atoms with van der Waals surface area (Å²) in [6.07, 6.45) is 6.29. The Labute approximate surface area is 131 Å². The number of thioether (sulfide) groups is 1. The predicted octanol–water partition coefficient (Wildman–Crippen LogP) is 3.76. The van der Waals surface area contributed by atoms with E-state index in [-0.39, 0.29) is 0 Å². The molecule has 2 N–H and O–H groups in total. The zero-order chi connectivity index (χ0) is 14.7. The number of hydrogen-bond acceptors (Lipinski definition) is 4. The van der Waals surface area contributed by atoms with Crippen molar-refractivity contribution in [3.8, 4) is 6.07 Å². The second-order valence-corrected chi connectivity index (χ2v) is 7.42. The van der Waals surface area contributed by atoms with Gasteiger partial charge in [0.15, 0.2) is 0 Å². The Kier molecular flexibility index (Phi) is 4.42. The molecule has 1 unspecified atom stereocenters. The monoisotopic (exact) mass is 301 g/mol. The summed E-state index contributed by atoms with van der Waals surface area (Å²) in [5, 5.41) is 16.8. The van der Waals surface area contributed by atoms with Crippen molar-refractivity contribution in [3.63, 3.8) is 0 Å². The molecule has 1 aromatic carbocycles. The van der Waals surface area contributed by atoms with E-state index in [1.807, 2.05) is 12.1 Å². The molecule has 0 aromatic heterocycles. The lowest BCUT2D eigenvalue weighted by Gasteiger charge is -2.48. The van der Waals surface area contributed by atoms with E-state index in [1.54, 1.807) is 11.8 Å². The fraction of sp³-hybridized carbons (Fsp3) is 0.588. The van der Waals surface area contributed by atoms with Gasteiger partial charge in [-0.15, -0.1) is 11.8 Å². The van der Waals surface area contributed by atoms with Gasteiger partial charge in [-0.3, -0.25) is 0 Å². The lowest BCUT2D eigenvalue weighted by atomic mass is 9.70. The second-order valence-electron chi connectivity index (χ2n) is 6.12. The van der Waals surface area contributed by atoms with Crippen molar-refractivity contribution in [1.29, 1.82) is 5.26 Å². The van der Waals surface area contributed by atoms with E-state index < -0.39 is 0 Å². The lowest BCUT2D eigenvalue weighted by Crippen LogP contribution is -2.58. The second kappa shape index (κ2) is 6.29. The highest BCUT2D eigenvalue weighted by Crippen LogP contribution is 2.39. The van der Waals surface area contributed by atoms with Crippen LogP contribution >= 0.6 is 11.8 Å². The highest BCUT2D eigenvalue weighted by molar-refractivity contribution is 7.99. The fourth-order valence-electron chi connectivity index (χ4n) is 3.53. The van der Waals surface area contributed by atoms with Crippen molar-refractivity contribution in [1.82, 2.24) is 5.32 Å². The molecule has 4 heteroatoms. The Balaban J connectivity index is 1.75. The molecule has 3 nitrogen and oxygen atoms in total. The molecule has 1 aliphatic carbocycles. The number of nitriles is 1. The van der Waals surface area contributed by atoms with E-state index in [0.29, 0.717) is 11.6 Å². The molecule has 0 bridgehead atoms. The number of piperidine rings is 1. The van der Waals surface area contributed by atoms with Gasteiger partial charge in [-0.1, -0.05) is 13.0 Å². The molecule has 3 rings (SSSR count). The molecule has 0 radical (unpaired) electrons. The summed E-state index contributed by atoms with van der Waals surface area (Å²) in [6.45, 7) is 3.21. The third kappa shape index (κ3) is 3.04. The minimum absolute atomic E-state index is 0.387. The average Bonchev–Trinajstić information content (AvgIpc) is 2.47. The molecular weight excluding hydrogens is 278 g/mol. The quantitative estimate of drug-likeness (QED) is 0.831. The van der Waals surface area contributed by atoms with Crippen molar-refractivity contribution in [2.24, 2.45) is 0 Å². The molecule has 1 saturated heterocycles. The number of rotatable bonds is 4. The minimum atomic E-state index is 0.387. The standard InChI is InChI=1S/C17H23N3S/c1-2-21-16-6-3-5-15(14(16)12-18)20-13-7-10-19-17(11-13)8-4-9-17/h3,5-6,13,19-20H,2,4,7-11H2,1H3. The van der Waals surface area contributed by atoms with Gasteiger partial charge in [0.25, 0.3) is 0 Å². The number of benzene rings is 1. The van der Waals surface area contributed by atoms with E-state index >= 15 is 0 Å². The Morgan fingerprint density at radius 3 is 3.00 bits per heavy atom. The van der Waals surface area contributed by atoms with Crippen LogP contribution in [0.1, 0.15) is 44.6 Å². The number of anilines is 1. The maximum absolute atomic E-state index is 9.50. The predicted molar refractivity (Wildman–Crippen MR) is 88.8 cm³/mol. The maximum atomic E-state index is 9.50. The van der Waals surface area contributed by atoms with Gasteiger partial charge in [0.1, 0.15) is 6.07 Å². The van der Waals surface area contributed by atoms with Crippen LogP contribution in [0.3, 0.4) is 0 Å². The van der Waals surface area contributed by atoms with E-state index in [1.165, 1.54) is 25.7 Å². The minimum Gasteiger partial charge on any atom is -0.381 e. The first-order chi connectivity index (χ1) is 10.3. The van der Waals surface area contributed by atoms with Crippen LogP contribution in [-0.4, -0.2) is 23.9 Å². The molecule has 1 saturated carbocycles. The highest BCUT2D eigenvalue weighted by atomic mass is 32.2. The van der Waals surface area contributed by atoms with Gasteiger partial charge in [-0.05, 0) is 56.5 Å². The van der Waals surface area contributed by atoms with Gasteiger partial charge in [-0.25, -0.2) is 0 Å². The Morgan fingerprint density at radius 1 is 1.48 bits per heavy atom. The topological polar surface area (TPSA) is 47.8 Å². The first kappa shape index (κ1) is 14.7. The molecular formula is C17H23N3S. The van der Waals surface area contributed by atoms with E-state index in [0.717, 1.165) is 34.9 Å². The van der Waals surface area contributed by atoms with Crippen LogP contribution in [0.5, 0.6) is 0 Å². The molecule has 2 fully saturated rings. The summed E-state index contributed by atoms with van der Waals surface area (Å²) in [5.74, 6) is 0.995. The summed E-state index contributed by atoms with van der Waals surface area (Å²) < 4.78 is 0. The van der Waals surface area contributed by atoms with Crippen LogP contribution in [-0.2, 0) is 0 Å². The Hall–Kier alpha value is -1.18. The molecule has 2 aliphatic rings. The van der Waals surface area contributed by atoms with Gasteiger partial charge in [0.2, 0.25) is 0 Å². The van der Waals surface area contributed by atoms with Crippen molar-refractivity contribution < 1.29 is 0 Å². The van der Waals surface area contributed by atoms with E-state index in [4.69, 9.17) is 0 Å². The van der Waals surface area contributed by atoms with Crippen LogP contribution < -0.4 is 10.6 Å². The van der Waals surface area contributed by atoms with Crippen LogP contribution in [0, 0.1) is 11.3 Å². The fourth-order valence-corrected chi connectivity index (χ4v) is 4.31. The zero-order valence-corrected chi connectivity index (χ0v) is 13.4. The SMILES string of the molecule is CCSc1cccc(NC2CCNC3(CCC3)C2)c1C#N. The molecule has 112 valence electrons. The molecule has 1 atom stereocenters. The summed E-state index contributed by atoms with van der Waals surface area (Å²) in [4.78, 5) is 1.09. The molecule has 1 aliphatic heterocycles. The first-order valence-corrected chi connectivity index (χ1v) is 8.92. The summed E-state index contributed by atoms with van der Waals surface area (Å²) in [6, 6.07) is 9.03. The van der Waals surface area contributed by atoms with Crippen molar-refractivity contribution in [2.45, 2.75) is 55.5 Å². The van der Waals surface area contributed by atoms with Gasteiger partial charge < -0.3 is 10.6 Å². The zero-order valence-electron chi connectivity index (χ0n) is 12.6. The van der Waals surface area contributed by atoms with Crippen molar-refractivity contribution in [3.05, 3.63) is 23.8 Å². The third-order valence-electron chi connectivity index (χ3n) is 4.74. The summed E-state index contributed by atoms with van der Waals surface area (Å²) in [7, 11) is 0. The maximum Gasteiger partial charge on any atom is 0.102 e. The van der Waals surface area contributed by atoms with Gasteiger partial charge in [0, 0.05) is 16.5 Å². The Bertz CT molecular complexity index is 545. The Morgan fingerprint density at radius 2 is 2.33 bits per heavy atom. The average molecular weight is 301 g/mol. The molecule has 0 amide bonds. The van der Waals surface area contributed by atoms with Crippen molar-refractivity contribution in [2.75, 3.05) is 17.6 Å². The van der Waals surface area contributed by atoms with Gasteiger partial charge in [-0.2, -0.15) is 5.26 Å². The van der Waals surface area contributed by atoms with E-state index in [9.17, 15) is 5.26 Å². The summed E-state index contributed by atoms with van der Waals surface area (Å²) in [5.41, 5.74) is 2.21. The molecule has 1 heterocycles. The summed E-state index contributed by atoms with van der Waals surface area (Å²) >= 11 is 1.74. The number of nitrogens with one attached hydrogen (secondary N) is 2. The molecule has 1 aromatic rings. The normalized spacial score (nSPS) is 23.3.